The predicted octanol–water partition coefficient (Wildman–Crippen LogP) is 26.4. The van der Waals surface area contributed by atoms with E-state index in [9.17, 15) is 43.2 Å². The Morgan fingerprint density at radius 1 is 0.267 bits per heavy atom. The molecule has 105 heavy (non-hydrogen) atoms. The first kappa shape index (κ1) is 103. The molecule has 0 aliphatic heterocycles. The Hall–Kier alpha value is -1.94. The van der Waals surface area contributed by atoms with Crippen molar-refractivity contribution in [2.75, 3.05) is 39.6 Å². The molecule has 6 atom stereocenters. The Bertz CT molecular complexity index is 2000. The van der Waals surface area contributed by atoms with Gasteiger partial charge < -0.3 is 33.8 Å². The molecule has 624 valence electrons. The quantitative estimate of drug-likeness (QED) is 0.0222. The SMILES string of the molecule is CCCCCCCCCCCCCCCCCCCCCCC(=O)O[C@H](COC(=O)CCCCCCCCCCCCCCCCC(C)CC)COP(=O)(O)OC[C@@H](O)COP(=O)(O)OC[C@@H](COC(=O)CCCCCCCCCCC)OC(=O)CCCCCCCCCCCCCCCCCCCC. The molecule has 19 heteroatoms. The van der Waals surface area contributed by atoms with Crippen LogP contribution in [0.5, 0.6) is 0 Å². The third kappa shape index (κ3) is 78.5. The number of hydrogen-bond donors (Lipinski definition) is 3. The van der Waals surface area contributed by atoms with Gasteiger partial charge in [-0.15, -0.1) is 0 Å². The van der Waals surface area contributed by atoms with Crippen molar-refractivity contribution in [2.24, 2.45) is 5.92 Å². The van der Waals surface area contributed by atoms with E-state index in [1.807, 2.05) is 0 Å². The minimum atomic E-state index is -4.96. The lowest BCUT2D eigenvalue weighted by Crippen LogP contribution is -2.30. The Balaban J connectivity index is 5.21. The molecule has 0 spiro atoms. The van der Waals surface area contributed by atoms with Crippen LogP contribution in [0.15, 0.2) is 0 Å². The van der Waals surface area contributed by atoms with Gasteiger partial charge in [0.1, 0.15) is 19.3 Å². The summed E-state index contributed by atoms with van der Waals surface area (Å²) in [6.07, 6.45) is 72.2. The highest BCUT2D eigenvalue weighted by atomic mass is 31.2. The molecule has 0 aromatic carbocycles. The van der Waals surface area contributed by atoms with Crippen molar-refractivity contribution in [3.8, 4) is 0 Å². The number of unbranched alkanes of at least 4 members (excludes halogenated alkanes) is 57. The molecule has 0 heterocycles. The van der Waals surface area contributed by atoms with E-state index in [2.05, 4.69) is 34.6 Å². The van der Waals surface area contributed by atoms with Crippen LogP contribution in [-0.2, 0) is 65.4 Å². The van der Waals surface area contributed by atoms with E-state index in [1.165, 1.54) is 289 Å². The molecule has 3 unspecified atom stereocenters. The van der Waals surface area contributed by atoms with Crippen LogP contribution in [0.4, 0.5) is 0 Å². The van der Waals surface area contributed by atoms with Crippen molar-refractivity contribution in [3.63, 3.8) is 0 Å². The molecule has 0 fully saturated rings. The normalized spacial score (nSPS) is 14.0. The topological polar surface area (TPSA) is 237 Å². The Labute approximate surface area is 645 Å². The molecule has 0 saturated heterocycles. The van der Waals surface area contributed by atoms with Gasteiger partial charge in [-0.3, -0.25) is 37.3 Å². The van der Waals surface area contributed by atoms with Crippen molar-refractivity contribution in [1.29, 1.82) is 0 Å². The van der Waals surface area contributed by atoms with Crippen molar-refractivity contribution < 1.29 is 80.2 Å². The van der Waals surface area contributed by atoms with E-state index in [1.54, 1.807) is 0 Å². The molecule has 0 bridgehead atoms. The molecule has 0 aliphatic carbocycles. The molecule has 0 amide bonds. The smallest absolute Gasteiger partial charge is 0.462 e. The number of phosphoric acid groups is 2. The maximum atomic E-state index is 13.1. The standard InChI is InChI=1S/C86H168O17P2/c1-6-10-13-16-19-22-24-26-28-30-32-33-35-37-43-47-52-57-62-67-72-86(91)103-82(76-97-84(89)70-65-60-55-50-45-41-39-38-40-44-49-53-58-63-68-79(5)9-4)78-101-105(94,95)99-74-80(87)73-98-104(92,93)100-77-81(75-96-83(88)69-64-59-54-48-21-18-15-12-8-3)102-85(90)71-66-61-56-51-46-42-36-34-31-29-27-25-23-20-17-14-11-7-2/h79-82,87H,6-78H2,1-5H3,(H,92,93)(H,94,95)/t79?,80-,81+,82+/m0/s1. The van der Waals surface area contributed by atoms with Crippen LogP contribution in [0.25, 0.3) is 0 Å². The first-order chi connectivity index (χ1) is 51.1. The van der Waals surface area contributed by atoms with Gasteiger partial charge in [-0.25, -0.2) is 9.13 Å². The number of aliphatic hydroxyl groups excluding tert-OH is 1. The summed E-state index contributed by atoms with van der Waals surface area (Å²) in [4.78, 5) is 73.2. The summed E-state index contributed by atoms with van der Waals surface area (Å²) < 4.78 is 68.9. The molecule has 0 aliphatic rings. The molecule has 0 saturated carbocycles. The maximum Gasteiger partial charge on any atom is 0.472 e. The van der Waals surface area contributed by atoms with E-state index in [0.29, 0.717) is 25.7 Å². The fraction of sp³-hybridized carbons (Fsp3) is 0.953. The van der Waals surface area contributed by atoms with Gasteiger partial charge in [-0.2, -0.15) is 0 Å². The summed E-state index contributed by atoms with van der Waals surface area (Å²) in [5.74, 6) is -1.25. The first-order valence-electron chi connectivity index (χ1n) is 44.7. The van der Waals surface area contributed by atoms with Crippen LogP contribution in [0.3, 0.4) is 0 Å². The molecule has 0 radical (unpaired) electrons. The number of rotatable bonds is 86. The van der Waals surface area contributed by atoms with E-state index in [4.69, 9.17) is 37.0 Å². The minimum absolute atomic E-state index is 0.109. The second-order valence-corrected chi connectivity index (χ2v) is 34.1. The van der Waals surface area contributed by atoms with Gasteiger partial charge in [0.25, 0.3) is 0 Å². The van der Waals surface area contributed by atoms with Crippen molar-refractivity contribution in [3.05, 3.63) is 0 Å². The number of ether oxygens (including phenoxy) is 4. The third-order valence-electron chi connectivity index (χ3n) is 20.6. The summed E-state index contributed by atoms with van der Waals surface area (Å²) in [5.41, 5.74) is 0. The molecular weight excluding hydrogens is 1370 g/mol. The molecule has 3 N–H and O–H groups in total. The fourth-order valence-corrected chi connectivity index (χ4v) is 15.0. The number of aliphatic hydroxyl groups is 1. The van der Waals surface area contributed by atoms with Crippen molar-refractivity contribution in [1.82, 2.24) is 0 Å². The zero-order chi connectivity index (χ0) is 76.9. The second-order valence-electron chi connectivity index (χ2n) is 31.2. The average Bonchev–Trinajstić information content (AvgIpc) is 0.988. The first-order valence-corrected chi connectivity index (χ1v) is 47.7. The van der Waals surface area contributed by atoms with Crippen molar-refractivity contribution >= 4 is 39.5 Å². The zero-order valence-electron chi connectivity index (χ0n) is 68.9. The highest BCUT2D eigenvalue weighted by Crippen LogP contribution is 2.45. The Morgan fingerprint density at radius 2 is 0.457 bits per heavy atom. The lowest BCUT2D eigenvalue weighted by molar-refractivity contribution is -0.161. The van der Waals surface area contributed by atoms with Gasteiger partial charge in [0.15, 0.2) is 12.2 Å². The predicted molar refractivity (Wildman–Crippen MR) is 432 cm³/mol. The van der Waals surface area contributed by atoms with Gasteiger partial charge in [0.2, 0.25) is 0 Å². The van der Waals surface area contributed by atoms with E-state index in [0.717, 1.165) is 95.8 Å². The lowest BCUT2D eigenvalue weighted by Gasteiger charge is -2.21. The zero-order valence-corrected chi connectivity index (χ0v) is 70.7. The van der Waals surface area contributed by atoms with Gasteiger partial charge in [0, 0.05) is 25.7 Å². The summed E-state index contributed by atoms with van der Waals surface area (Å²) in [5, 5.41) is 10.7. The Kier molecular flexibility index (Phi) is 77.3. The van der Waals surface area contributed by atoms with Crippen molar-refractivity contribution in [2.45, 2.75) is 483 Å². The van der Waals surface area contributed by atoms with E-state index in [-0.39, 0.29) is 25.7 Å². The summed E-state index contributed by atoms with van der Waals surface area (Å²) in [7, 11) is -9.92. The largest absolute Gasteiger partial charge is 0.472 e. The van der Waals surface area contributed by atoms with Gasteiger partial charge in [-0.05, 0) is 31.6 Å². The summed E-state index contributed by atoms with van der Waals surface area (Å²) >= 11 is 0. The minimum Gasteiger partial charge on any atom is -0.462 e. The number of hydrogen-bond acceptors (Lipinski definition) is 15. The van der Waals surface area contributed by atoms with Crippen LogP contribution in [-0.4, -0.2) is 96.7 Å². The van der Waals surface area contributed by atoms with E-state index < -0.39 is 97.5 Å². The Morgan fingerprint density at radius 3 is 0.676 bits per heavy atom. The lowest BCUT2D eigenvalue weighted by atomic mass is 9.99. The second kappa shape index (κ2) is 78.7. The molecule has 17 nitrogen and oxygen atoms in total. The van der Waals surface area contributed by atoms with E-state index >= 15 is 0 Å². The molecule has 0 rings (SSSR count). The van der Waals surface area contributed by atoms with Gasteiger partial charge in [0.05, 0.1) is 26.4 Å². The van der Waals surface area contributed by atoms with Gasteiger partial charge in [-0.1, -0.05) is 413 Å². The molecular formula is C86H168O17P2. The van der Waals surface area contributed by atoms with Gasteiger partial charge >= 0.3 is 39.5 Å². The molecule has 0 aromatic heterocycles. The summed E-state index contributed by atoms with van der Waals surface area (Å²) in [6, 6.07) is 0. The monoisotopic (exact) mass is 1540 g/mol. The highest BCUT2D eigenvalue weighted by molar-refractivity contribution is 7.47. The fourth-order valence-electron chi connectivity index (χ4n) is 13.4. The van der Waals surface area contributed by atoms with Crippen LogP contribution in [0.2, 0.25) is 0 Å². The number of phosphoric ester groups is 2. The number of carbonyl (C=O) groups excluding carboxylic acids is 4. The number of esters is 4. The van der Waals surface area contributed by atoms with Crippen LogP contribution < -0.4 is 0 Å². The number of carbonyl (C=O) groups is 4. The van der Waals surface area contributed by atoms with Crippen LogP contribution in [0, 0.1) is 5.92 Å². The summed E-state index contributed by atoms with van der Waals surface area (Å²) in [6.45, 7) is 7.41. The highest BCUT2D eigenvalue weighted by Gasteiger charge is 2.30. The third-order valence-corrected chi connectivity index (χ3v) is 22.5. The van der Waals surface area contributed by atoms with Crippen LogP contribution >= 0.6 is 15.6 Å². The molecule has 0 aromatic rings. The van der Waals surface area contributed by atoms with Crippen LogP contribution in [0.1, 0.15) is 465 Å². The maximum absolute atomic E-state index is 13.1. The average molecular weight is 1540 g/mol.